The fraction of sp³-hybridized carbons (Fsp3) is 0.167. The number of hydrazine groups is 1. The maximum absolute atomic E-state index is 13.8. The van der Waals surface area contributed by atoms with Gasteiger partial charge < -0.3 is 0 Å². The van der Waals surface area contributed by atoms with Crippen molar-refractivity contribution in [3.05, 3.63) is 56.7 Å². The van der Waals surface area contributed by atoms with Crippen LogP contribution in [0.2, 0.25) is 5.02 Å². The molecule has 18 heavy (non-hydrogen) atoms. The van der Waals surface area contributed by atoms with Gasteiger partial charge in [0, 0.05) is 5.56 Å². The molecule has 6 heteroatoms. The van der Waals surface area contributed by atoms with Crippen LogP contribution in [0.15, 0.2) is 29.0 Å². The van der Waals surface area contributed by atoms with E-state index in [1.807, 2.05) is 16.8 Å². The quantitative estimate of drug-likeness (QED) is 0.514. The first-order valence-electron chi connectivity index (χ1n) is 5.23. The van der Waals surface area contributed by atoms with E-state index >= 15 is 0 Å². The van der Waals surface area contributed by atoms with E-state index in [-0.39, 0.29) is 10.6 Å². The molecule has 2 aromatic rings. The molecule has 0 amide bonds. The van der Waals surface area contributed by atoms with Gasteiger partial charge in [0.05, 0.1) is 11.1 Å². The summed E-state index contributed by atoms with van der Waals surface area (Å²) in [5.74, 6) is 4.19. The average molecular weight is 289 g/mol. The van der Waals surface area contributed by atoms with E-state index in [2.05, 4.69) is 5.43 Å². The Morgan fingerprint density at radius 2 is 2.11 bits per heavy atom. The van der Waals surface area contributed by atoms with E-state index in [0.717, 1.165) is 17.7 Å². The molecule has 96 valence electrons. The number of benzene rings is 1. The molecule has 1 atom stereocenters. The SMILES string of the molecule is NNC(Cc1ccsc1)c1cc(F)c(Cl)cc1F. The summed E-state index contributed by atoms with van der Waals surface area (Å²) in [6.07, 6.45) is 0.484. The lowest BCUT2D eigenvalue weighted by atomic mass is 10.0. The Labute approximate surface area is 112 Å². The van der Waals surface area contributed by atoms with E-state index < -0.39 is 17.7 Å². The molecule has 0 aliphatic rings. The van der Waals surface area contributed by atoms with E-state index in [4.69, 9.17) is 17.4 Å². The number of hydrogen-bond acceptors (Lipinski definition) is 3. The fourth-order valence-corrected chi connectivity index (χ4v) is 2.54. The number of halogens is 3. The van der Waals surface area contributed by atoms with E-state index in [1.165, 1.54) is 11.3 Å². The van der Waals surface area contributed by atoms with Crippen LogP contribution in [0.5, 0.6) is 0 Å². The number of nitrogens with one attached hydrogen (secondary N) is 1. The Kier molecular flexibility index (Phi) is 4.29. The summed E-state index contributed by atoms with van der Waals surface area (Å²) in [5.41, 5.74) is 3.68. The topological polar surface area (TPSA) is 38.0 Å². The van der Waals surface area contributed by atoms with Crippen molar-refractivity contribution in [2.24, 2.45) is 5.84 Å². The highest BCUT2D eigenvalue weighted by molar-refractivity contribution is 7.07. The van der Waals surface area contributed by atoms with E-state index in [0.29, 0.717) is 6.42 Å². The molecule has 0 bridgehead atoms. The van der Waals surface area contributed by atoms with Crippen LogP contribution in [-0.2, 0) is 6.42 Å². The van der Waals surface area contributed by atoms with Gasteiger partial charge in [-0.25, -0.2) is 8.78 Å². The Hall–Kier alpha value is -1.01. The van der Waals surface area contributed by atoms with Crippen LogP contribution in [0, 0.1) is 11.6 Å². The molecule has 1 unspecified atom stereocenters. The number of hydrogen-bond donors (Lipinski definition) is 2. The number of rotatable bonds is 4. The van der Waals surface area contributed by atoms with Crippen molar-refractivity contribution in [2.75, 3.05) is 0 Å². The molecule has 1 heterocycles. The first kappa shape index (κ1) is 13.4. The molecule has 0 saturated carbocycles. The van der Waals surface area contributed by atoms with Gasteiger partial charge in [0.15, 0.2) is 0 Å². The molecule has 0 aliphatic heterocycles. The van der Waals surface area contributed by atoms with Crippen LogP contribution in [0.3, 0.4) is 0 Å². The lowest BCUT2D eigenvalue weighted by Gasteiger charge is -2.17. The second-order valence-corrected chi connectivity index (χ2v) is 5.03. The minimum absolute atomic E-state index is 0.172. The molecule has 0 spiro atoms. The van der Waals surface area contributed by atoms with Gasteiger partial charge in [0.1, 0.15) is 11.6 Å². The summed E-state index contributed by atoms with van der Waals surface area (Å²) >= 11 is 7.05. The molecule has 0 saturated heterocycles. The third kappa shape index (κ3) is 2.87. The summed E-state index contributed by atoms with van der Waals surface area (Å²) in [5, 5.41) is 3.62. The van der Waals surface area contributed by atoms with Crippen molar-refractivity contribution in [3.8, 4) is 0 Å². The first-order chi connectivity index (χ1) is 8.61. The summed E-state index contributed by atoms with van der Waals surface area (Å²) in [6, 6.07) is 3.46. The van der Waals surface area contributed by atoms with Crippen LogP contribution in [-0.4, -0.2) is 0 Å². The molecular weight excluding hydrogens is 278 g/mol. The van der Waals surface area contributed by atoms with Gasteiger partial charge in [-0.3, -0.25) is 11.3 Å². The Morgan fingerprint density at radius 3 is 2.72 bits per heavy atom. The summed E-state index contributed by atoms with van der Waals surface area (Å²) in [4.78, 5) is 0. The number of thiophene rings is 1. The minimum Gasteiger partial charge on any atom is -0.271 e. The van der Waals surface area contributed by atoms with Crippen molar-refractivity contribution in [3.63, 3.8) is 0 Å². The minimum atomic E-state index is -0.654. The zero-order chi connectivity index (χ0) is 13.1. The van der Waals surface area contributed by atoms with Crippen molar-refractivity contribution in [1.29, 1.82) is 0 Å². The van der Waals surface area contributed by atoms with Crippen LogP contribution in [0.4, 0.5) is 8.78 Å². The molecule has 0 aliphatic carbocycles. The molecule has 1 aromatic carbocycles. The van der Waals surface area contributed by atoms with Crippen LogP contribution in [0.1, 0.15) is 17.2 Å². The highest BCUT2D eigenvalue weighted by Gasteiger charge is 2.18. The lowest BCUT2D eigenvalue weighted by Crippen LogP contribution is -2.30. The standard InChI is InChI=1S/C12H11ClF2N2S/c13-9-5-10(14)8(4-11(9)15)12(17-16)3-7-1-2-18-6-7/h1-2,4-6,12,17H,3,16H2. The molecule has 3 N–H and O–H groups in total. The third-order valence-electron chi connectivity index (χ3n) is 2.64. The van der Waals surface area contributed by atoms with Gasteiger partial charge in [0.2, 0.25) is 0 Å². The van der Waals surface area contributed by atoms with E-state index in [1.54, 1.807) is 0 Å². The maximum atomic E-state index is 13.8. The second kappa shape index (κ2) is 5.75. The van der Waals surface area contributed by atoms with Gasteiger partial charge in [0.25, 0.3) is 0 Å². The summed E-state index contributed by atoms with van der Waals surface area (Å²) in [6.45, 7) is 0. The smallest absolute Gasteiger partial charge is 0.142 e. The predicted octanol–water partition coefficient (Wildman–Crippen LogP) is 3.43. The van der Waals surface area contributed by atoms with Gasteiger partial charge in [-0.15, -0.1) is 0 Å². The average Bonchev–Trinajstić information content (AvgIpc) is 2.84. The highest BCUT2D eigenvalue weighted by atomic mass is 35.5. The third-order valence-corrected chi connectivity index (χ3v) is 3.66. The largest absolute Gasteiger partial charge is 0.271 e. The van der Waals surface area contributed by atoms with Crippen molar-refractivity contribution in [2.45, 2.75) is 12.5 Å². The Morgan fingerprint density at radius 1 is 1.33 bits per heavy atom. The van der Waals surface area contributed by atoms with Crippen LogP contribution in [0.25, 0.3) is 0 Å². The van der Waals surface area contributed by atoms with Gasteiger partial charge in [-0.05, 0) is 40.9 Å². The van der Waals surface area contributed by atoms with Gasteiger partial charge >= 0.3 is 0 Å². The lowest BCUT2D eigenvalue weighted by molar-refractivity contribution is 0.503. The predicted molar refractivity (Wildman–Crippen MR) is 69.5 cm³/mol. The molecule has 0 fully saturated rings. The van der Waals surface area contributed by atoms with Crippen LogP contribution >= 0.6 is 22.9 Å². The zero-order valence-corrected chi connectivity index (χ0v) is 10.9. The Balaban J connectivity index is 2.30. The van der Waals surface area contributed by atoms with Gasteiger partial charge in [-0.2, -0.15) is 11.3 Å². The van der Waals surface area contributed by atoms with Gasteiger partial charge in [-0.1, -0.05) is 11.6 Å². The normalized spacial score (nSPS) is 12.7. The monoisotopic (exact) mass is 288 g/mol. The molecule has 2 rings (SSSR count). The van der Waals surface area contributed by atoms with E-state index in [9.17, 15) is 8.78 Å². The van der Waals surface area contributed by atoms with Crippen LogP contribution < -0.4 is 11.3 Å². The highest BCUT2D eigenvalue weighted by Crippen LogP contribution is 2.26. The summed E-state index contributed by atoms with van der Waals surface area (Å²) < 4.78 is 27.1. The fourth-order valence-electron chi connectivity index (χ4n) is 1.71. The number of nitrogens with two attached hydrogens (primary N) is 1. The zero-order valence-electron chi connectivity index (χ0n) is 9.29. The molecule has 2 nitrogen and oxygen atoms in total. The first-order valence-corrected chi connectivity index (χ1v) is 6.55. The van der Waals surface area contributed by atoms with Crippen molar-refractivity contribution in [1.82, 2.24) is 5.43 Å². The molecule has 0 radical (unpaired) electrons. The maximum Gasteiger partial charge on any atom is 0.142 e. The van der Waals surface area contributed by atoms with Crippen molar-refractivity contribution < 1.29 is 8.78 Å². The molecular formula is C12H11ClF2N2S. The summed E-state index contributed by atoms with van der Waals surface area (Å²) in [7, 11) is 0. The Bertz CT molecular complexity index is 531. The second-order valence-electron chi connectivity index (χ2n) is 3.84. The molecule has 1 aromatic heterocycles. The van der Waals surface area contributed by atoms with Crippen molar-refractivity contribution >= 4 is 22.9 Å².